The fraction of sp³-hybridized carbons (Fsp3) is 0.135. The highest BCUT2D eigenvalue weighted by atomic mass is 14.4. The van der Waals surface area contributed by atoms with E-state index in [1.165, 1.54) is 65.7 Å². The molecule has 0 N–H and O–H groups in total. The van der Waals surface area contributed by atoms with Crippen LogP contribution in [0.2, 0.25) is 0 Å². The Morgan fingerprint density at radius 1 is 0.595 bits per heavy atom. The number of fused-ring (bicyclic) bond motifs is 10. The molecule has 0 nitrogen and oxygen atoms in total. The first kappa shape index (κ1) is 21.0. The van der Waals surface area contributed by atoms with Gasteiger partial charge in [0.05, 0.1) is 0 Å². The summed E-state index contributed by atoms with van der Waals surface area (Å²) in [6, 6.07) is 31.4. The smallest absolute Gasteiger partial charge is 0.0287 e. The minimum atomic E-state index is -0.0347. The fourth-order valence-corrected chi connectivity index (χ4v) is 7.26. The van der Waals surface area contributed by atoms with Gasteiger partial charge in [-0.3, -0.25) is 0 Å². The predicted octanol–water partition coefficient (Wildman–Crippen LogP) is 9.96. The predicted molar refractivity (Wildman–Crippen MR) is 159 cm³/mol. The van der Waals surface area contributed by atoms with Gasteiger partial charge in [0.15, 0.2) is 0 Å². The maximum Gasteiger partial charge on any atom is 0.0287 e. The van der Waals surface area contributed by atoms with Gasteiger partial charge in [0, 0.05) is 17.3 Å². The Labute approximate surface area is 218 Å². The number of benzene rings is 5. The van der Waals surface area contributed by atoms with E-state index in [0.717, 1.165) is 0 Å². The molecule has 0 saturated heterocycles. The SMILES string of the molecule is CC(C)(C1=C2C=Cc3ccc4ccccc4c3C2C=C1)C1C=Cc2c1ccc1ccc3ccccc3c21. The Balaban J connectivity index is 1.28. The molecule has 0 saturated carbocycles. The lowest BCUT2D eigenvalue weighted by Gasteiger charge is -2.35. The number of hydrogen-bond acceptors (Lipinski definition) is 0. The van der Waals surface area contributed by atoms with E-state index in [9.17, 15) is 0 Å². The second-order valence-electron chi connectivity index (χ2n) is 11.3. The fourth-order valence-electron chi connectivity index (χ4n) is 7.26. The van der Waals surface area contributed by atoms with Crippen molar-refractivity contribution in [2.75, 3.05) is 0 Å². The Morgan fingerprint density at radius 2 is 1.30 bits per heavy atom. The van der Waals surface area contributed by atoms with E-state index in [1.807, 2.05) is 0 Å². The largest absolute Gasteiger partial charge is 0.0755 e. The molecule has 5 aromatic rings. The zero-order valence-electron chi connectivity index (χ0n) is 21.2. The van der Waals surface area contributed by atoms with Crippen LogP contribution in [0.1, 0.15) is 47.9 Å². The van der Waals surface area contributed by atoms with Gasteiger partial charge >= 0.3 is 0 Å². The molecule has 3 aliphatic rings. The lowest BCUT2D eigenvalue weighted by molar-refractivity contribution is 0.408. The van der Waals surface area contributed by atoms with Gasteiger partial charge in [0.25, 0.3) is 0 Å². The maximum absolute atomic E-state index is 2.45. The Bertz CT molecular complexity index is 1900. The van der Waals surface area contributed by atoms with E-state index in [1.54, 1.807) is 0 Å². The van der Waals surface area contributed by atoms with Crippen LogP contribution < -0.4 is 0 Å². The molecule has 37 heavy (non-hydrogen) atoms. The average molecular weight is 473 g/mol. The van der Waals surface area contributed by atoms with Gasteiger partial charge < -0.3 is 0 Å². The monoisotopic (exact) mass is 472 g/mol. The average Bonchev–Trinajstić information content (AvgIpc) is 3.58. The van der Waals surface area contributed by atoms with Crippen molar-refractivity contribution in [2.45, 2.75) is 25.7 Å². The Hall–Kier alpha value is -4.16. The van der Waals surface area contributed by atoms with E-state index in [0.29, 0.717) is 11.8 Å². The molecule has 0 amide bonds. The van der Waals surface area contributed by atoms with Crippen LogP contribution in [-0.2, 0) is 0 Å². The molecule has 0 fully saturated rings. The van der Waals surface area contributed by atoms with E-state index in [4.69, 9.17) is 0 Å². The number of rotatable bonds is 2. The van der Waals surface area contributed by atoms with E-state index in [-0.39, 0.29) is 5.41 Å². The van der Waals surface area contributed by atoms with Crippen LogP contribution in [0.4, 0.5) is 0 Å². The van der Waals surface area contributed by atoms with Gasteiger partial charge in [-0.25, -0.2) is 0 Å². The lowest BCUT2D eigenvalue weighted by Crippen LogP contribution is -2.23. The highest BCUT2D eigenvalue weighted by Gasteiger charge is 2.40. The molecule has 3 aliphatic carbocycles. The van der Waals surface area contributed by atoms with Crippen molar-refractivity contribution in [3.05, 3.63) is 143 Å². The zero-order valence-corrected chi connectivity index (χ0v) is 21.2. The van der Waals surface area contributed by atoms with Crippen molar-refractivity contribution in [3.63, 3.8) is 0 Å². The van der Waals surface area contributed by atoms with Crippen molar-refractivity contribution in [1.29, 1.82) is 0 Å². The van der Waals surface area contributed by atoms with E-state index >= 15 is 0 Å². The highest BCUT2D eigenvalue weighted by Crippen LogP contribution is 2.54. The second kappa shape index (κ2) is 7.43. The van der Waals surface area contributed by atoms with Gasteiger partial charge in [-0.1, -0.05) is 135 Å². The van der Waals surface area contributed by atoms with Gasteiger partial charge in [-0.05, 0) is 65.7 Å². The van der Waals surface area contributed by atoms with Crippen molar-refractivity contribution in [3.8, 4) is 0 Å². The molecular weight excluding hydrogens is 444 g/mol. The van der Waals surface area contributed by atoms with Crippen LogP contribution in [0.3, 0.4) is 0 Å². The first-order chi connectivity index (χ1) is 18.1. The van der Waals surface area contributed by atoms with E-state index < -0.39 is 0 Å². The van der Waals surface area contributed by atoms with Crippen LogP contribution in [-0.4, -0.2) is 0 Å². The molecule has 8 rings (SSSR count). The summed E-state index contributed by atoms with van der Waals surface area (Å²) in [4.78, 5) is 0. The third-order valence-corrected chi connectivity index (χ3v) is 9.11. The quantitative estimate of drug-likeness (QED) is 0.224. The molecule has 2 unspecified atom stereocenters. The molecule has 0 radical (unpaired) electrons. The summed E-state index contributed by atoms with van der Waals surface area (Å²) in [5.41, 5.74) is 8.54. The van der Waals surface area contributed by atoms with Crippen LogP contribution in [0.5, 0.6) is 0 Å². The standard InChI is InChI=1S/C37H28/c1-37(2,33-21-19-31-29(33)17-15-25-13-11-23-7-3-5-9-27(23)35(25)31)34-22-20-32-30(34)18-16-26-14-12-24-8-4-6-10-28(24)36(26)32/h3-22,31,34H,1-2H3. The van der Waals surface area contributed by atoms with Crippen LogP contribution in [0.25, 0.3) is 44.5 Å². The normalized spacial score (nSPS) is 19.7. The van der Waals surface area contributed by atoms with Crippen molar-refractivity contribution in [1.82, 2.24) is 0 Å². The summed E-state index contributed by atoms with van der Waals surface area (Å²) < 4.78 is 0. The molecule has 176 valence electrons. The molecule has 0 spiro atoms. The van der Waals surface area contributed by atoms with E-state index in [2.05, 4.69) is 135 Å². The third kappa shape index (κ3) is 2.84. The maximum atomic E-state index is 2.45. The van der Waals surface area contributed by atoms with Crippen molar-refractivity contribution >= 4 is 44.5 Å². The minimum Gasteiger partial charge on any atom is -0.0755 e. The molecular formula is C37H28. The summed E-state index contributed by atoms with van der Waals surface area (Å²) >= 11 is 0. The first-order valence-corrected chi connectivity index (χ1v) is 13.4. The molecule has 0 heteroatoms. The Kier molecular flexibility index (Phi) is 4.21. The number of allylic oxidation sites excluding steroid dienone is 6. The zero-order chi connectivity index (χ0) is 24.7. The second-order valence-corrected chi connectivity index (χ2v) is 11.3. The topological polar surface area (TPSA) is 0 Å². The molecule has 2 atom stereocenters. The first-order valence-electron chi connectivity index (χ1n) is 13.4. The molecule has 0 aliphatic heterocycles. The van der Waals surface area contributed by atoms with Crippen LogP contribution >= 0.6 is 0 Å². The van der Waals surface area contributed by atoms with Crippen LogP contribution in [0, 0.1) is 5.41 Å². The van der Waals surface area contributed by atoms with Gasteiger partial charge in [-0.15, -0.1) is 0 Å². The van der Waals surface area contributed by atoms with Gasteiger partial charge in [0.2, 0.25) is 0 Å². The summed E-state index contributed by atoms with van der Waals surface area (Å²) in [7, 11) is 0. The van der Waals surface area contributed by atoms with Crippen molar-refractivity contribution < 1.29 is 0 Å². The molecule has 0 heterocycles. The van der Waals surface area contributed by atoms with Crippen molar-refractivity contribution in [2.24, 2.45) is 5.41 Å². The van der Waals surface area contributed by atoms with Crippen LogP contribution in [0.15, 0.2) is 120 Å². The van der Waals surface area contributed by atoms with Gasteiger partial charge in [-0.2, -0.15) is 0 Å². The Morgan fingerprint density at radius 3 is 2.16 bits per heavy atom. The highest BCUT2D eigenvalue weighted by molar-refractivity contribution is 6.12. The summed E-state index contributed by atoms with van der Waals surface area (Å²) in [5.74, 6) is 0.657. The summed E-state index contributed by atoms with van der Waals surface area (Å²) in [5, 5.41) is 8.07. The lowest BCUT2D eigenvalue weighted by atomic mass is 9.68. The summed E-state index contributed by atoms with van der Waals surface area (Å²) in [6.07, 6.45) is 14.4. The van der Waals surface area contributed by atoms with Gasteiger partial charge in [0.1, 0.15) is 0 Å². The summed E-state index contributed by atoms with van der Waals surface area (Å²) in [6.45, 7) is 4.87. The number of hydrogen-bond donors (Lipinski definition) is 0. The molecule has 0 aromatic heterocycles. The molecule has 0 bridgehead atoms. The molecule has 5 aromatic carbocycles. The minimum absolute atomic E-state index is 0.0347. The third-order valence-electron chi connectivity index (χ3n) is 9.11.